The van der Waals surface area contributed by atoms with Crippen molar-refractivity contribution in [2.45, 2.75) is 19.1 Å². The number of rotatable bonds is 5. The second-order valence-electron chi connectivity index (χ2n) is 5.63. The van der Waals surface area contributed by atoms with E-state index < -0.39 is 17.4 Å². The maximum Gasteiger partial charge on any atom is 0.309 e. The highest BCUT2D eigenvalue weighted by atomic mass is 19.1. The Labute approximate surface area is 139 Å². The van der Waals surface area contributed by atoms with Crippen LogP contribution in [0.4, 0.5) is 4.39 Å². The van der Waals surface area contributed by atoms with Crippen LogP contribution in [0.2, 0.25) is 0 Å². The summed E-state index contributed by atoms with van der Waals surface area (Å²) in [4.78, 5) is 23.6. The SMILES string of the molecule is C[C@@](O)(CNC(=O)C(=O)NCc1ccc(F)cc1)c1ccccc1. The minimum atomic E-state index is -1.28. The highest BCUT2D eigenvalue weighted by Gasteiger charge is 2.25. The highest BCUT2D eigenvalue weighted by Crippen LogP contribution is 2.18. The van der Waals surface area contributed by atoms with Gasteiger partial charge in [0, 0.05) is 6.54 Å². The fraction of sp³-hybridized carbons (Fsp3) is 0.222. The summed E-state index contributed by atoms with van der Waals surface area (Å²) in [5, 5.41) is 15.2. The molecule has 6 heteroatoms. The first kappa shape index (κ1) is 17.6. The molecule has 2 aromatic rings. The smallest absolute Gasteiger partial charge is 0.309 e. The molecule has 0 bridgehead atoms. The van der Waals surface area contributed by atoms with E-state index in [0.717, 1.165) is 0 Å². The summed E-state index contributed by atoms with van der Waals surface area (Å²) < 4.78 is 12.8. The van der Waals surface area contributed by atoms with Gasteiger partial charge in [-0.3, -0.25) is 9.59 Å². The Morgan fingerprint density at radius 3 is 2.21 bits per heavy atom. The van der Waals surface area contributed by atoms with Crippen LogP contribution >= 0.6 is 0 Å². The molecule has 126 valence electrons. The minimum absolute atomic E-state index is 0.0974. The molecule has 0 aliphatic heterocycles. The monoisotopic (exact) mass is 330 g/mol. The van der Waals surface area contributed by atoms with Crippen molar-refractivity contribution in [2.24, 2.45) is 0 Å². The molecule has 2 amide bonds. The first-order valence-corrected chi connectivity index (χ1v) is 7.47. The second kappa shape index (κ2) is 7.70. The van der Waals surface area contributed by atoms with Gasteiger partial charge in [0.15, 0.2) is 0 Å². The molecular weight excluding hydrogens is 311 g/mol. The van der Waals surface area contributed by atoms with Crippen LogP contribution in [0.3, 0.4) is 0 Å². The number of carbonyl (C=O) groups is 2. The lowest BCUT2D eigenvalue weighted by Crippen LogP contribution is -2.45. The van der Waals surface area contributed by atoms with Crippen LogP contribution in [0.15, 0.2) is 54.6 Å². The summed E-state index contributed by atoms with van der Waals surface area (Å²) in [5.41, 5.74) is 0.0274. The van der Waals surface area contributed by atoms with Gasteiger partial charge < -0.3 is 15.7 Å². The molecule has 0 aliphatic rings. The van der Waals surface area contributed by atoms with Crippen LogP contribution in [-0.2, 0) is 21.7 Å². The van der Waals surface area contributed by atoms with Crippen LogP contribution < -0.4 is 10.6 Å². The van der Waals surface area contributed by atoms with E-state index in [4.69, 9.17) is 0 Å². The molecule has 5 nitrogen and oxygen atoms in total. The fourth-order valence-electron chi connectivity index (χ4n) is 2.10. The largest absolute Gasteiger partial charge is 0.384 e. The molecule has 0 fully saturated rings. The zero-order chi connectivity index (χ0) is 17.6. The van der Waals surface area contributed by atoms with Gasteiger partial charge in [-0.2, -0.15) is 0 Å². The predicted molar refractivity (Wildman–Crippen MR) is 87.3 cm³/mol. The molecule has 0 unspecified atom stereocenters. The first-order valence-electron chi connectivity index (χ1n) is 7.47. The van der Waals surface area contributed by atoms with E-state index in [1.54, 1.807) is 31.2 Å². The minimum Gasteiger partial charge on any atom is -0.384 e. The van der Waals surface area contributed by atoms with Gasteiger partial charge in [-0.15, -0.1) is 0 Å². The van der Waals surface area contributed by atoms with Crippen molar-refractivity contribution in [2.75, 3.05) is 6.54 Å². The third-order valence-corrected chi connectivity index (χ3v) is 3.56. The van der Waals surface area contributed by atoms with Crippen molar-refractivity contribution in [1.82, 2.24) is 10.6 Å². The van der Waals surface area contributed by atoms with Crippen LogP contribution in [0, 0.1) is 5.82 Å². The van der Waals surface area contributed by atoms with E-state index >= 15 is 0 Å². The molecule has 0 radical (unpaired) electrons. The van der Waals surface area contributed by atoms with E-state index in [1.807, 2.05) is 6.07 Å². The molecule has 2 aromatic carbocycles. The molecule has 24 heavy (non-hydrogen) atoms. The molecule has 2 rings (SSSR count). The van der Waals surface area contributed by atoms with Crippen LogP contribution in [0.1, 0.15) is 18.1 Å². The van der Waals surface area contributed by atoms with E-state index in [-0.39, 0.29) is 18.9 Å². The Morgan fingerprint density at radius 2 is 1.58 bits per heavy atom. The third kappa shape index (κ3) is 4.89. The molecule has 0 heterocycles. The summed E-state index contributed by atoms with van der Waals surface area (Å²) in [6.45, 7) is 1.57. The average molecular weight is 330 g/mol. The van der Waals surface area contributed by atoms with E-state index in [9.17, 15) is 19.1 Å². The zero-order valence-electron chi connectivity index (χ0n) is 13.3. The number of amides is 2. The van der Waals surface area contributed by atoms with Crippen LogP contribution in [-0.4, -0.2) is 23.5 Å². The van der Waals surface area contributed by atoms with Gasteiger partial charge in [-0.05, 0) is 30.2 Å². The molecule has 0 aromatic heterocycles. The Bertz CT molecular complexity index is 700. The van der Waals surface area contributed by atoms with Crippen molar-refractivity contribution in [3.05, 3.63) is 71.5 Å². The Hall–Kier alpha value is -2.73. The van der Waals surface area contributed by atoms with Crippen molar-refractivity contribution < 1.29 is 19.1 Å². The topological polar surface area (TPSA) is 78.4 Å². The summed E-state index contributed by atoms with van der Waals surface area (Å²) in [7, 11) is 0. The quantitative estimate of drug-likeness (QED) is 0.727. The molecule has 0 saturated carbocycles. The predicted octanol–water partition coefficient (Wildman–Crippen LogP) is 1.47. The summed E-state index contributed by atoms with van der Waals surface area (Å²) in [6.07, 6.45) is 0. The molecule has 0 spiro atoms. The Kier molecular flexibility index (Phi) is 5.65. The van der Waals surface area contributed by atoms with Crippen LogP contribution in [0.5, 0.6) is 0 Å². The van der Waals surface area contributed by atoms with E-state index in [0.29, 0.717) is 11.1 Å². The van der Waals surface area contributed by atoms with Crippen molar-refractivity contribution in [1.29, 1.82) is 0 Å². The molecule has 3 N–H and O–H groups in total. The number of halogens is 1. The van der Waals surface area contributed by atoms with Gasteiger partial charge >= 0.3 is 11.8 Å². The lowest BCUT2D eigenvalue weighted by molar-refractivity contribution is -0.139. The third-order valence-electron chi connectivity index (χ3n) is 3.56. The van der Waals surface area contributed by atoms with E-state index in [1.165, 1.54) is 24.3 Å². The van der Waals surface area contributed by atoms with Gasteiger partial charge in [0.1, 0.15) is 11.4 Å². The van der Waals surface area contributed by atoms with Crippen molar-refractivity contribution in [3.63, 3.8) is 0 Å². The lowest BCUT2D eigenvalue weighted by Gasteiger charge is -2.24. The first-order chi connectivity index (χ1) is 11.4. The number of hydrogen-bond acceptors (Lipinski definition) is 3. The second-order valence-corrected chi connectivity index (χ2v) is 5.63. The number of carbonyl (C=O) groups excluding carboxylic acids is 2. The molecule has 0 aliphatic carbocycles. The summed E-state index contributed by atoms with van der Waals surface area (Å²) >= 11 is 0. The fourth-order valence-corrected chi connectivity index (χ4v) is 2.10. The number of aliphatic hydroxyl groups is 1. The van der Waals surface area contributed by atoms with Gasteiger partial charge in [0.25, 0.3) is 0 Å². The van der Waals surface area contributed by atoms with Crippen molar-refractivity contribution in [3.8, 4) is 0 Å². The van der Waals surface area contributed by atoms with Crippen LogP contribution in [0.25, 0.3) is 0 Å². The lowest BCUT2D eigenvalue weighted by atomic mass is 9.96. The van der Waals surface area contributed by atoms with Crippen molar-refractivity contribution >= 4 is 11.8 Å². The number of nitrogens with one attached hydrogen (secondary N) is 2. The Morgan fingerprint density at radius 1 is 1.00 bits per heavy atom. The van der Waals surface area contributed by atoms with Gasteiger partial charge in [0.2, 0.25) is 0 Å². The number of benzene rings is 2. The summed E-state index contributed by atoms with van der Waals surface area (Å²) in [6, 6.07) is 14.4. The Balaban J connectivity index is 1.83. The average Bonchev–Trinajstić information content (AvgIpc) is 2.59. The maximum absolute atomic E-state index is 12.8. The summed E-state index contributed by atoms with van der Waals surface area (Å²) in [5.74, 6) is -2.03. The maximum atomic E-state index is 12.8. The standard InChI is InChI=1S/C18H19FN2O3/c1-18(24,14-5-3-2-4-6-14)12-21-17(23)16(22)20-11-13-7-9-15(19)10-8-13/h2-10,24H,11-12H2,1H3,(H,20,22)(H,21,23)/t18-/m1/s1. The highest BCUT2D eigenvalue weighted by molar-refractivity contribution is 6.35. The molecule has 0 saturated heterocycles. The van der Waals surface area contributed by atoms with Gasteiger partial charge in [-0.1, -0.05) is 42.5 Å². The van der Waals surface area contributed by atoms with Gasteiger partial charge in [-0.25, -0.2) is 4.39 Å². The number of hydrogen-bond donors (Lipinski definition) is 3. The molecular formula is C18H19FN2O3. The van der Waals surface area contributed by atoms with E-state index in [2.05, 4.69) is 10.6 Å². The zero-order valence-corrected chi connectivity index (χ0v) is 13.3. The molecule has 1 atom stereocenters. The normalized spacial score (nSPS) is 13.0. The van der Waals surface area contributed by atoms with Gasteiger partial charge in [0.05, 0.1) is 6.54 Å².